The topological polar surface area (TPSA) is 68.0 Å². The van der Waals surface area contributed by atoms with Crippen LogP contribution in [0.2, 0.25) is 0 Å². The summed E-state index contributed by atoms with van der Waals surface area (Å²) in [4.78, 5) is 15.9. The Balaban J connectivity index is 2.19. The highest BCUT2D eigenvalue weighted by atomic mass is 32.2. The Morgan fingerprint density at radius 2 is 2.44 bits per heavy atom. The number of rotatable bonds is 4. The largest absolute Gasteiger partial charge is 0.327 e. The molecule has 0 atom stereocenters. The maximum absolute atomic E-state index is 11.5. The zero-order valence-corrected chi connectivity index (χ0v) is 11.5. The highest BCUT2D eigenvalue weighted by Crippen LogP contribution is 2.29. The van der Waals surface area contributed by atoms with Gasteiger partial charge in [-0.3, -0.25) is 4.79 Å². The number of hydrogen-bond acceptors (Lipinski definition) is 5. The molecule has 1 heterocycles. The normalized spacial score (nSPS) is 11.2. The molecule has 0 aliphatic heterocycles. The van der Waals surface area contributed by atoms with Crippen molar-refractivity contribution >= 4 is 44.9 Å². The molecule has 0 aliphatic carbocycles. The van der Waals surface area contributed by atoms with Crippen LogP contribution in [-0.4, -0.2) is 23.7 Å². The van der Waals surface area contributed by atoms with Crippen molar-refractivity contribution in [2.45, 2.75) is 4.34 Å². The van der Waals surface area contributed by atoms with E-state index in [4.69, 9.17) is 5.73 Å². The molecule has 2 rings (SSSR count). The second-order valence-electron chi connectivity index (χ2n) is 3.49. The summed E-state index contributed by atoms with van der Waals surface area (Å²) in [5.41, 5.74) is 7.01. The highest BCUT2D eigenvalue weighted by molar-refractivity contribution is 8.00. The number of hydrogen-bond donors (Lipinski definition) is 2. The van der Waals surface area contributed by atoms with E-state index in [2.05, 4.69) is 10.3 Å². The van der Waals surface area contributed by atoms with Gasteiger partial charge in [0.15, 0.2) is 4.34 Å². The Morgan fingerprint density at radius 1 is 1.61 bits per heavy atom. The summed E-state index contributed by atoms with van der Waals surface area (Å²) in [7, 11) is 0. The van der Waals surface area contributed by atoms with E-state index in [1.54, 1.807) is 29.2 Å². The van der Waals surface area contributed by atoms with Crippen LogP contribution in [0.3, 0.4) is 0 Å². The summed E-state index contributed by atoms with van der Waals surface area (Å²) in [6.45, 7) is 0.360. The van der Waals surface area contributed by atoms with E-state index in [9.17, 15) is 4.79 Å². The number of thiazole rings is 1. The first kappa shape index (κ1) is 13.1. The molecule has 0 bridgehead atoms. The Bertz CT molecular complexity index is 592. The maximum atomic E-state index is 11.5. The van der Waals surface area contributed by atoms with Crippen LogP contribution in [0.25, 0.3) is 10.2 Å². The lowest BCUT2D eigenvalue weighted by Gasteiger charge is -2.01. The van der Waals surface area contributed by atoms with E-state index >= 15 is 0 Å². The lowest BCUT2D eigenvalue weighted by Crippen LogP contribution is -2.08. The van der Waals surface area contributed by atoms with Crippen LogP contribution < -0.4 is 11.1 Å². The van der Waals surface area contributed by atoms with Crippen molar-refractivity contribution in [1.29, 1.82) is 0 Å². The first-order chi connectivity index (χ1) is 8.72. The molecule has 0 saturated carbocycles. The first-order valence-corrected chi connectivity index (χ1v) is 7.39. The smallest absolute Gasteiger partial charge is 0.248 e. The second kappa shape index (κ2) is 5.99. The standard InChI is InChI=1S/C12H13N3OS2/c1-17-12-15-9-5-4-8(7-10(9)18-12)14-11(16)3-2-6-13/h2-5,7H,6,13H2,1H3,(H,14,16)/b3-2+. The molecule has 1 aromatic carbocycles. The first-order valence-electron chi connectivity index (χ1n) is 5.35. The second-order valence-corrected chi connectivity index (χ2v) is 5.58. The average Bonchev–Trinajstić information content (AvgIpc) is 2.78. The number of carbonyl (C=O) groups is 1. The predicted molar refractivity (Wildman–Crippen MR) is 78.2 cm³/mol. The molecular weight excluding hydrogens is 266 g/mol. The molecule has 94 valence electrons. The van der Waals surface area contributed by atoms with Gasteiger partial charge in [-0.05, 0) is 24.5 Å². The zero-order chi connectivity index (χ0) is 13.0. The lowest BCUT2D eigenvalue weighted by molar-refractivity contribution is -0.111. The molecule has 1 amide bonds. The van der Waals surface area contributed by atoms with Gasteiger partial charge in [-0.2, -0.15) is 0 Å². The third-order valence-electron chi connectivity index (χ3n) is 2.22. The van der Waals surface area contributed by atoms with E-state index < -0.39 is 0 Å². The summed E-state index contributed by atoms with van der Waals surface area (Å²) in [6.07, 6.45) is 5.05. The summed E-state index contributed by atoms with van der Waals surface area (Å²) in [6, 6.07) is 5.69. The van der Waals surface area contributed by atoms with Gasteiger partial charge in [0.05, 0.1) is 10.2 Å². The summed E-state index contributed by atoms with van der Waals surface area (Å²) >= 11 is 3.24. The van der Waals surface area contributed by atoms with Crippen molar-refractivity contribution in [3.8, 4) is 0 Å². The Hall–Kier alpha value is -1.37. The SMILES string of the molecule is CSc1nc2ccc(NC(=O)/C=C/CN)cc2s1. The van der Waals surface area contributed by atoms with Crippen molar-refractivity contribution in [2.24, 2.45) is 5.73 Å². The van der Waals surface area contributed by atoms with Crippen molar-refractivity contribution in [3.63, 3.8) is 0 Å². The quantitative estimate of drug-likeness (QED) is 0.666. The van der Waals surface area contributed by atoms with Crippen LogP contribution in [0.15, 0.2) is 34.7 Å². The van der Waals surface area contributed by atoms with Gasteiger partial charge < -0.3 is 11.1 Å². The van der Waals surface area contributed by atoms with Gasteiger partial charge in [0.25, 0.3) is 0 Å². The lowest BCUT2D eigenvalue weighted by atomic mass is 10.3. The number of carbonyl (C=O) groups excluding carboxylic acids is 1. The fourth-order valence-corrected chi connectivity index (χ4v) is 2.96. The van der Waals surface area contributed by atoms with Crippen LogP contribution in [0.4, 0.5) is 5.69 Å². The fourth-order valence-electron chi connectivity index (χ4n) is 1.43. The Labute approximate surface area is 113 Å². The van der Waals surface area contributed by atoms with Crippen LogP contribution >= 0.6 is 23.1 Å². The van der Waals surface area contributed by atoms with Crippen LogP contribution in [0.5, 0.6) is 0 Å². The van der Waals surface area contributed by atoms with Gasteiger partial charge in [-0.15, -0.1) is 11.3 Å². The number of benzene rings is 1. The fraction of sp³-hybridized carbons (Fsp3) is 0.167. The van der Waals surface area contributed by atoms with Crippen LogP contribution in [0.1, 0.15) is 0 Å². The number of nitrogens with zero attached hydrogens (tertiary/aromatic N) is 1. The molecule has 0 aliphatic rings. The highest BCUT2D eigenvalue weighted by Gasteiger charge is 2.04. The number of amides is 1. The molecule has 4 nitrogen and oxygen atoms in total. The summed E-state index contributed by atoms with van der Waals surface area (Å²) in [5, 5.41) is 2.79. The molecule has 0 unspecified atom stereocenters. The Morgan fingerprint density at radius 3 is 3.17 bits per heavy atom. The van der Waals surface area contributed by atoms with E-state index in [-0.39, 0.29) is 5.91 Å². The molecule has 18 heavy (non-hydrogen) atoms. The van der Waals surface area contributed by atoms with Gasteiger partial charge in [-0.25, -0.2) is 4.98 Å². The van der Waals surface area contributed by atoms with Gasteiger partial charge in [0.1, 0.15) is 0 Å². The third kappa shape index (κ3) is 3.10. The molecule has 2 aromatic rings. The minimum Gasteiger partial charge on any atom is -0.327 e. The average molecular weight is 279 g/mol. The van der Waals surface area contributed by atoms with E-state index in [1.165, 1.54) is 6.08 Å². The van der Waals surface area contributed by atoms with Gasteiger partial charge in [-0.1, -0.05) is 17.8 Å². The molecule has 0 fully saturated rings. The number of anilines is 1. The zero-order valence-electron chi connectivity index (χ0n) is 9.84. The molecule has 0 spiro atoms. The molecule has 3 N–H and O–H groups in total. The number of nitrogens with one attached hydrogen (secondary N) is 1. The third-order valence-corrected chi connectivity index (χ3v) is 4.22. The van der Waals surface area contributed by atoms with Crippen LogP contribution in [-0.2, 0) is 4.79 Å². The Kier molecular flexibility index (Phi) is 4.35. The molecule has 0 saturated heterocycles. The molecule has 1 aromatic heterocycles. The maximum Gasteiger partial charge on any atom is 0.248 e. The van der Waals surface area contributed by atoms with E-state index in [0.29, 0.717) is 6.54 Å². The van der Waals surface area contributed by atoms with Crippen LogP contribution in [0, 0.1) is 0 Å². The van der Waals surface area contributed by atoms with Crippen molar-refractivity contribution < 1.29 is 4.79 Å². The predicted octanol–water partition coefficient (Wildman–Crippen LogP) is 2.47. The summed E-state index contributed by atoms with van der Waals surface area (Å²) < 4.78 is 2.09. The van der Waals surface area contributed by atoms with Gasteiger partial charge in [0.2, 0.25) is 5.91 Å². The van der Waals surface area contributed by atoms with E-state index in [0.717, 1.165) is 20.2 Å². The van der Waals surface area contributed by atoms with Gasteiger partial charge in [0, 0.05) is 18.3 Å². The number of nitrogens with two attached hydrogens (primary N) is 1. The minimum absolute atomic E-state index is 0.172. The van der Waals surface area contributed by atoms with Crippen molar-refractivity contribution in [2.75, 3.05) is 18.1 Å². The van der Waals surface area contributed by atoms with Gasteiger partial charge >= 0.3 is 0 Å². The number of aromatic nitrogens is 1. The minimum atomic E-state index is -0.172. The number of thioether (sulfide) groups is 1. The molecule has 6 heteroatoms. The van der Waals surface area contributed by atoms with E-state index in [1.807, 2.05) is 24.5 Å². The molecular formula is C12H13N3OS2. The van der Waals surface area contributed by atoms with Crippen molar-refractivity contribution in [3.05, 3.63) is 30.4 Å². The molecule has 0 radical (unpaired) electrons. The summed E-state index contributed by atoms with van der Waals surface area (Å²) in [5.74, 6) is -0.172. The number of fused-ring (bicyclic) bond motifs is 1. The monoisotopic (exact) mass is 279 g/mol. The van der Waals surface area contributed by atoms with Crippen molar-refractivity contribution in [1.82, 2.24) is 4.98 Å².